The molecule has 20 heavy (non-hydrogen) atoms. The molecule has 5 heteroatoms. The summed E-state index contributed by atoms with van der Waals surface area (Å²) in [5, 5.41) is 3.16. The van der Waals surface area contributed by atoms with Gasteiger partial charge >= 0.3 is 0 Å². The molecule has 0 saturated heterocycles. The molecule has 1 aromatic carbocycles. The van der Waals surface area contributed by atoms with Crippen molar-refractivity contribution in [1.82, 2.24) is 5.32 Å². The molecular formula is C15H23F2NO2. The van der Waals surface area contributed by atoms with E-state index < -0.39 is 0 Å². The molecule has 1 aromatic rings. The van der Waals surface area contributed by atoms with E-state index in [1.807, 2.05) is 6.92 Å². The monoisotopic (exact) mass is 287 g/mol. The Balaban J connectivity index is 2.32. The smallest absolute Gasteiger partial charge is 0.128 e. The lowest BCUT2D eigenvalue weighted by Crippen LogP contribution is -2.22. The van der Waals surface area contributed by atoms with Gasteiger partial charge in [-0.3, -0.25) is 0 Å². The minimum absolute atomic E-state index is 0.232. The Bertz CT molecular complexity index is 413. The van der Waals surface area contributed by atoms with Crippen molar-refractivity contribution in [3.63, 3.8) is 0 Å². The summed E-state index contributed by atoms with van der Waals surface area (Å²) in [6.07, 6.45) is 0.810. The van der Waals surface area contributed by atoms with Crippen LogP contribution >= 0.6 is 0 Å². The summed E-state index contributed by atoms with van der Waals surface area (Å²) in [5.41, 5.74) is 0.679. The Morgan fingerprint density at radius 1 is 1.15 bits per heavy atom. The Morgan fingerprint density at radius 2 is 1.90 bits per heavy atom. The van der Waals surface area contributed by atoms with Gasteiger partial charge in [0, 0.05) is 25.3 Å². The predicted octanol–water partition coefficient (Wildman–Crippen LogP) is 2.98. The predicted molar refractivity (Wildman–Crippen MR) is 74.8 cm³/mol. The second-order valence-electron chi connectivity index (χ2n) is 4.76. The maximum atomic E-state index is 13.8. The number of halogens is 2. The molecule has 1 atom stereocenters. The van der Waals surface area contributed by atoms with Crippen LogP contribution in [0.3, 0.4) is 0 Å². The molecule has 0 bridgehead atoms. The van der Waals surface area contributed by atoms with E-state index in [1.54, 1.807) is 14.0 Å². The van der Waals surface area contributed by atoms with E-state index in [1.165, 1.54) is 12.1 Å². The fourth-order valence-electron chi connectivity index (χ4n) is 1.84. The van der Waals surface area contributed by atoms with Crippen LogP contribution in [0.1, 0.15) is 30.5 Å². The van der Waals surface area contributed by atoms with E-state index in [4.69, 9.17) is 9.47 Å². The first-order chi connectivity index (χ1) is 9.56. The van der Waals surface area contributed by atoms with Gasteiger partial charge in [0.15, 0.2) is 0 Å². The number of aryl methyl sites for hydroxylation is 1. The van der Waals surface area contributed by atoms with E-state index in [0.29, 0.717) is 37.5 Å². The second kappa shape index (κ2) is 9.00. The number of ether oxygens (including phenoxy) is 2. The summed E-state index contributed by atoms with van der Waals surface area (Å²) in [7, 11) is 1.63. The average Bonchev–Trinajstić information content (AvgIpc) is 2.41. The Kier molecular flexibility index (Phi) is 7.65. The van der Waals surface area contributed by atoms with Crippen molar-refractivity contribution in [1.29, 1.82) is 0 Å². The molecule has 0 spiro atoms. The zero-order valence-electron chi connectivity index (χ0n) is 12.3. The third-order valence-electron chi connectivity index (χ3n) is 3.09. The van der Waals surface area contributed by atoms with E-state index in [9.17, 15) is 8.78 Å². The van der Waals surface area contributed by atoms with Crippen molar-refractivity contribution in [3.05, 3.63) is 34.9 Å². The SMILES string of the molecule is COCCOCCCNC(C)c1cc(F)c(C)cc1F. The summed E-state index contributed by atoms with van der Waals surface area (Å²) < 4.78 is 37.4. The lowest BCUT2D eigenvalue weighted by atomic mass is 10.0. The maximum Gasteiger partial charge on any atom is 0.128 e. The molecule has 1 unspecified atom stereocenters. The normalized spacial score (nSPS) is 12.7. The highest BCUT2D eigenvalue weighted by molar-refractivity contribution is 5.27. The van der Waals surface area contributed by atoms with Gasteiger partial charge in [0.1, 0.15) is 11.6 Å². The largest absolute Gasteiger partial charge is 0.382 e. The van der Waals surface area contributed by atoms with Crippen molar-refractivity contribution in [3.8, 4) is 0 Å². The second-order valence-corrected chi connectivity index (χ2v) is 4.76. The molecule has 0 saturated carbocycles. The number of rotatable bonds is 9. The zero-order chi connectivity index (χ0) is 15.0. The highest BCUT2D eigenvalue weighted by atomic mass is 19.1. The highest BCUT2D eigenvalue weighted by Crippen LogP contribution is 2.20. The topological polar surface area (TPSA) is 30.5 Å². The van der Waals surface area contributed by atoms with Gasteiger partial charge < -0.3 is 14.8 Å². The van der Waals surface area contributed by atoms with Crippen LogP contribution in [0, 0.1) is 18.6 Å². The molecule has 0 aliphatic carbocycles. The summed E-state index contributed by atoms with van der Waals surface area (Å²) in [4.78, 5) is 0. The fourth-order valence-corrected chi connectivity index (χ4v) is 1.84. The van der Waals surface area contributed by atoms with Crippen molar-refractivity contribution < 1.29 is 18.3 Å². The minimum Gasteiger partial charge on any atom is -0.382 e. The van der Waals surface area contributed by atoms with E-state index >= 15 is 0 Å². The van der Waals surface area contributed by atoms with Crippen LogP contribution in [0.15, 0.2) is 12.1 Å². The van der Waals surface area contributed by atoms with Crippen LogP contribution in [0.5, 0.6) is 0 Å². The lowest BCUT2D eigenvalue weighted by molar-refractivity contribution is 0.0693. The fraction of sp³-hybridized carbons (Fsp3) is 0.600. The first-order valence-corrected chi connectivity index (χ1v) is 6.82. The standard InChI is InChI=1S/C15H23F2NO2/c1-11-9-15(17)13(10-14(11)16)12(2)18-5-4-6-20-8-7-19-3/h9-10,12,18H,4-8H2,1-3H3. The molecule has 0 aromatic heterocycles. The van der Waals surface area contributed by atoms with Crippen LogP contribution < -0.4 is 5.32 Å². The number of hydrogen-bond donors (Lipinski definition) is 1. The van der Waals surface area contributed by atoms with Gasteiger partial charge in [-0.1, -0.05) is 0 Å². The molecule has 0 aliphatic heterocycles. The number of methoxy groups -OCH3 is 1. The number of hydrogen-bond acceptors (Lipinski definition) is 3. The van der Waals surface area contributed by atoms with E-state index in [-0.39, 0.29) is 17.7 Å². The molecule has 0 radical (unpaired) electrons. The lowest BCUT2D eigenvalue weighted by Gasteiger charge is -2.16. The van der Waals surface area contributed by atoms with Crippen LogP contribution in [0.4, 0.5) is 8.78 Å². The minimum atomic E-state index is -0.377. The first-order valence-electron chi connectivity index (χ1n) is 6.82. The van der Waals surface area contributed by atoms with Crippen LogP contribution in [-0.4, -0.2) is 33.5 Å². The molecule has 0 fully saturated rings. The Hall–Kier alpha value is -1.04. The van der Waals surface area contributed by atoms with Crippen LogP contribution in [0.25, 0.3) is 0 Å². The van der Waals surface area contributed by atoms with Crippen molar-refractivity contribution in [2.24, 2.45) is 0 Å². The third kappa shape index (κ3) is 5.53. The molecule has 3 nitrogen and oxygen atoms in total. The summed E-state index contributed by atoms with van der Waals surface area (Å²) in [6, 6.07) is 2.26. The summed E-state index contributed by atoms with van der Waals surface area (Å²) >= 11 is 0. The quantitative estimate of drug-likeness (QED) is 0.708. The van der Waals surface area contributed by atoms with Gasteiger partial charge in [0.2, 0.25) is 0 Å². The van der Waals surface area contributed by atoms with Gasteiger partial charge in [-0.2, -0.15) is 0 Å². The molecule has 0 heterocycles. The molecule has 0 aliphatic rings. The van der Waals surface area contributed by atoms with Crippen molar-refractivity contribution >= 4 is 0 Å². The summed E-state index contributed by atoms with van der Waals surface area (Å²) in [5.74, 6) is -0.752. The first kappa shape index (κ1) is 17.0. The molecule has 1 rings (SSSR count). The van der Waals surface area contributed by atoms with Gasteiger partial charge in [0.05, 0.1) is 13.2 Å². The van der Waals surface area contributed by atoms with Gasteiger partial charge in [-0.25, -0.2) is 8.78 Å². The third-order valence-corrected chi connectivity index (χ3v) is 3.09. The van der Waals surface area contributed by atoms with E-state index in [0.717, 1.165) is 6.42 Å². The van der Waals surface area contributed by atoms with Crippen molar-refractivity contribution in [2.75, 3.05) is 33.5 Å². The van der Waals surface area contributed by atoms with Crippen LogP contribution in [-0.2, 0) is 9.47 Å². The molecular weight excluding hydrogens is 264 g/mol. The van der Waals surface area contributed by atoms with Crippen molar-refractivity contribution in [2.45, 2.75) is 26.3 Å². The highest BCUT2D eigenvalue weighted by Gasteiger charge is 2.13. The van der Waals surface area contributed by atoms with Crippen LogP contribution in [0.2, 0.25) is 0 Å². The molecule has 114 valence electrons. The maximum absolute atomic E-state index is 13.8. The zero-order valence-corrected chi connectivity index (χ0v) is 12.3. The molecule has 1 N–H and O–H groups in total. The number of nitrogens with one attached hydrogen (secondary N) is 1. The van der Waals surface area contributed by atoms with Gasteiger partial charge in [0.25, 0.3) is 0 Å². The van der Waals surface area contributed by atoms with Gasteiger partial charge in [-0.05, 0) is 44.5 Å². The Labute approximate surface area is 119 Å². The Morgan fingerprint density at radius 3 is 2.60 bits per heavy atom. The average molecular weight is 287 g/mol. The molecule has 0 amide bonds. The number of benzene rings is 1. The van der Waals surface area contributed by atoms with Gasteiger partial charge in [-0.15, -0.1) is 0 Å². The summed E-state index contributed by atoms with van der Waals surface area (Å²) in [6.45, 7) is 5.83. The van der Waals surface area contributed by atoms with E-state index in [2.05, 4.69) is 5.32 Å².